The molecule has 2 atom stereocenters. The van der Waals surface area contributed by atoms with Gasteiger partial charge in [-0.2, -0.15) is 4.31 Å². The van der Waals surface area contributed by atoms with Gasteiger partial charge in [-0.3, -0.25) is 4.98 Å². The van der Waals surface area contributed by atoms with E-state index in [1.54, 1.807) is 16.6 Å². The van der Waals surface area contributed by atoms with E-state index in [9.17, 15) is 8.42 Å². The molecule has 2 fully saturated rings. The zero-order valence-corrected chi connectivity index (χ0v) is 11.9. The van der Waals surface area contributed by atoms with E-state index in [4.69, 9.17) is 0 Å². The first kappa shape index (κ1) is 12.9. The van der Waals surface area contributed by atoms with Gasteiger partial charge in [-0.25, -0.2) is 8.42 Å². The summed E-state index contributed by atoms with van der Waals surface area (Å²) < 4.78 is 27.2. The molecule has 1 aromatic heterocycles. The van der Waals surface area contributed by atoms with Crippen LogP contribution in [0.2, 0.25) is 0 Å². The summed E-state index contributed by atoms with van der Waals surface area (Å²) in [5.41, 5.74) is 0.653. The highest BCUT2D eigenvalue weighted by Gasteiger charge is 2.44. The molecule has 5 nitrogen and oxygen atoms in total. The molecule has 2 bridgehead atoms. The second kappa shape index (κ2) is 4.76. The molecular formula is C13H19N3O2S. The Hall–Kier alpha value is -1.14. The van der Waals surface area contributed by atoms with Gasteiger partial charge in [0.1, 0.15) is 4.90 Å². The fourth-order valence-corrected chi connectivity index (χ4v) is 5.08. The zero-order valence-electron chi connectivity index (χ0n) is 11.0. The highest BCUT2D eigenvalue weighted by molar-refractivity contribution is 7.89. The Bertz CT molecular complexity index is 573. The van der Waals surface area contributed by atoms with E-state index >= 15 is 0 Å². The van der Waals surface area contributed by atoms with Crippen LogP contribution < -0.4 is 5.32 Å². The summed E-state index contributed by atoms with van der Waals surface area (Å²) in [6, 6.07) is 1.93. The van der Waals surface area contributed by atoms with Gasteiger partial charge in [0.05, 0.1) is 5.69 Å². The van der Waals surface area contributed by atoms with Gasteiger partial charge in [0.25, 0.3) is 0 Å². The maximum absolute atomic E-state index is 12.8. The maximum Gasteiger partial charge on any atom is 0.246 e. The molecular weight excluding hydrogens is 262 g/mol. The molecule has 2 heterocycles. The zero-order chi connectivity index (χ0) is 13.5. The smallest absolute Gasteiger partial charge is 0.246 e. The lowest BCUT2D eigenvalue weighted by molar-refractivity contribution is 0.333. The number of piperidine rings is 1. The number of nitrogens with one attached hydrogen (secondary N) is 1. The minimum atomic E-state index is -3.41. The molecule has 2 aliphatic rings. The molecule has 3 rings (SSSR count). The Kier molecular flexibility index (Phi) is 3.22. The van der Waals surface area contributed by atoms with Crippen LogP contribution >= 0.6 is 0 Å². The standard InChI is InChI=1S/C13H19N3O2S/c1-2-15-12-5-6-14-8-13(12)19(17,18)16-9-10-3-4-11(16)7-10/h5-6,8,10-11H,2-4,7,9H2,1H3,(H,14,15). The highest BCUT2D eigenvalue weighted by Crippen LogP contribution is 2.41. The fraction of sp³-hybridized carbons (Fsp3) is 0.615. The second-order valence-electron chi connectivity index (χ2n) is 5.31. The first-order valence-corrected chi connectivity index (χ1v) is 8.26. The minimum Gasteiger partial charge on any atom is -0.384 e. The summed E-state index contributed by atoms with van der Waals surface area (Å²) in [6.45, 7) is 3.32. The van der Waals surface area contributed by atoms with Gasteiger partial charge >= 0.3 is 0 Å². The molecule has 104 valence electrons. The first-order chi connectivity index (χ1) is 9.13. The molecule has 0 spiro atoms. The van der Waals surface area contributed by atoms with Crippen molar-refractivity contribution in [2.45, 2.75) is 37.1 Å². The van der Waals surface area contributed by atoms with Gasteiger partial charge in [-0.05, 0) is 38.2 Å². The first-order valence-electron chi connectivity index (χ1n) is 6.82. The summed E-state index contributed by atoms with van der Waals surface area (Å²) in [6.07, 6.45) is 6.27. The normalized spacial score (nSPS) is 26.8. The largest absolute Gasteiger partial charge is 0.384 e. The molecule has 0 radical (unpaired) electrons. The van der Waals surface area contributed by atoms with E-state index in [-0.39, 0.29) is 6.04 Å². The number of fused-ring (bicyclic) bond motifs is 2. The van der Waals surface area contributed by atoms with E-state index < -0.39 is 10.0 Å². The van der Waals surface area contributed by atoms with Crippen LogP contribution in [0.1, 0.15) is 26.2 Å². The number of hydrogen-bond donors (Lipinski definition) is 1. The Morgan fingerprint density at radius 2 is 2.32 bits per heavy atom. The number of sulfonamides is 1. The van der Waals surface area contributed by atoms with Crippen molar-refractivity contribution >= 4 is 15.7 Å². The van der Waals surface area contributed by atoms with Crippen molar-refractivity contribution in [3.05, 3.63) is 18.5 Å². The van der Waals surface area contributed by atoms with Crippen molar-refractivity contribution in [3.63, 3.8) is 0 Å². The third-order valence-electron chi connectivity index (χ3n) is 4.10. The SMILES string of the molecule is CCNc1ccncc1S(=O)(=O)N1CC2CCC1C2. The maximum atomic E-state index is 12.8. The summed E-state index contributed by atoms with van der Waals surface area (Å²) in [7, 11) is -3.41. The third-order valence-corrected chi connectivity index (χ3v) is 6.04. The average molecular weight is 281 g/mol. The summed E-state index contributed by atoms with van der Waals surface area (Å²) in [5, 5.41) is 3.10. The number of anilines is 1. The van der Waals surface area contributed by atoms with Gasteiger partial charge in [0.2, 0.25) is 10.0 Å². The monoisotopic (exact) mass is 281 g/mol. The Balaban J connectivity index is 1.96. The lowest BCUT2D eigenvalue weighted by atomic mass is 10.1. The lowest BCUT2D eigenvalue weighted by Gasteiger charge is -2.26. The molecule has 19 heavy (non-hydrogen) atoms. The number of rotatable bonds is 4. The van der Waals surface area contributed by atoms with E-state index in [0.29, 0.717) is 29.6 Å². The van der Waals surface area contributed by atoms with Crippen LogP contribution in [0.25, 0.3) is 0 Å². The molecule has 1 saturated heterocycles. The van der Waals surface area contributed by atoms with E-state index in [2.05, 4.69) is 10.3 Å². The topological polar surface area (TPSA) is 62.3 Å². The van der Waals surface area contributed by atoms with Crippen molar-refractivity contribution in [2.75, 3.05) is 18.4 Å². The molecule has 1 aliphatic carbocycles. The molecule has 1 aromatic rings. The van der Waals surface area contributed by atoms with E-state index in [1.807, 2.05) is 6.92 Å². The van der Waals surface area contributed by atoms with Crippen LogP contribution in [-0.4, -0.2) is 36.8 Å². The van der Waals surface area contributed by atoms with Crippen molar-refractivity contribution in [1.82, 2.24) is 9.29 Å². The average Bonchev–Trinajstić information content (AvgIpc) is 3.02. The van der Waals surface area contributed by atoms with Crippen LogP contribution in [0, 0.1) is 5.92 Å². The predicted octanol–water partition coefficient (Wildman–Crippen LogP) is 1.69. The van der Waals surface area contributed by atoms with Crippen molar-refractivity contribution in [1.29, 1.82) is 0 Å². The van der Waals surface area contributed by atoms with Crippen LogP contribution in [-0.2, 0) is 10.0 Å². The van der Waals surface area contributed by atoms with E-state index in [0.717, 1.165) is 12.8 Å². The number of nitrogens with zero attached hydrogens (tertiary/aromatic N) is 2. The van der Waals surface area contributed by atoms with Crippen LogP contribution in [0.15, 0.2) is 23.4 Å². The van der Waals surface area contributed by atoms with Gasteiger partial charge in [0.15, 0.2) is 0 Å². The number of hydrogen-bond acceptors (Lipinski definition) is 4. The highest BCUT2D eigenvalue weighted by atomic mass is 32.2. The van der Waals surface area contributed by atoms with Crippen molar-refractivity contribution in [2.24, 2.45) is 5.92 Å². The molecule has 1 aliphatic heterocycles. The molecule has 1 N–H and O–H groups in total. The third kappa shape index (κ3) is 2.12. The van der Waals surface area contributed by atoms with E-state index in [1.165, 1.54) is 12.6 Å². The molecule has 1 saturated carbocycles. The Labute approximate surface area is 114 Å². The van der Waals surface area contributed by atoms with Crippen LogP contribution in [0.3, 0.4) is 0 Å². The lowest BCUT2D eigenvalue weighted by Crippen LogP contribution is -2.37. The number of aromatic nitrogens is 1. The van der Waals surface area contributed by atoms with Crippen LogP contribution in [0.4, 0.5) is 5.69 Å². The van der Waals surface area contributed by atoms with Gasteiger partial charge in [-0.1, -0.05) is 0 Å². The number of pyridine rings is 1. The van der Waals surface area contributed by atoms with Crippen molar-refractivity contribution in [3.8, 4) is 0 Å². The Morgan fingerprint density at radius 3 is 2.95 bits per heavy atom. The molecule has 0 aromatic carbocycles. The minimum absolute atomic E-state index is 0.199. The van der Waals surface area contributed by atoms with Crippen LogP contribution in [0.5, 0.6) is 0 Å². The molecule has 6 heteroatoms. The Morgan fingerprint density at radius 1 is 1.47 bits per heavy atom. The van der Waals surface area contributed by atoms with Gasteiger partial charge in [-0.15, -0.1) is 0 Å². The quantitative estimate of drug-likeness (QED) is 0.912. The predicted molar refractivity (Wildman–Crippen MR) is 73.4 cm³/mol. The molecule has 2 unspecified atom stereocenters. The second-order valence-corrected chi connectivity index (χ2v) is 7.17. The summed E-state index contributed by atoms with van der Waals surface area (Å²) in [5.74, 6) is 0.555. The van der Waals surface area contributed by atoms with Gasteiger partial charge < -0.3 is 5.32 Å². The fourth-order valence-electron chi connectivity index (χ4n) is 3.22. The van der Waals surface area contributed by atoms with Crippen molar-refractivity contribution < 1.29 is 8.42 Å². The molecule has 0 amide bonds. The summed E-state index contributed by atoms with van der Waals surface area (Å²) >= 11 is 0. The van der Waals surface area contributed by atoms with Gasteiger partial charge in [0, 0.05) is 31.5 Å². The summed E-state index contributed by atoms with van der Waals surface area (Å²) in [4.78, 5) is 4.29.